The summed E-state index contributed by atoms with van der Waals surface area (Å²) in [5.74, 6) is -1.39. The SMILES string of the molecule is Cc1nnc(NC(=O)N2CC(C)C(C(=O)O)C2)s1. The normalized spacial score (nSPS) is 23.1. The van der Waals surface area contributed by atoms with Gasteiger partial charge in [-0.25, -0.2) is 4.79 Å². The van der Waals surface area contributed by atoms with Crippen molar-refractivity contribution < 1.29 is 14.7 Å². The maximum atomic E-state index is 11.9. The zero-order valence-electron chi connectivity index (χ0n) is 10.1. The Kier molecular flexibility index (Phi) is 3.46. The van der Waals surface area contributed by atoms with Crippen molar-refractivity contribution in [1.82, 2.24) is 15.1 Å². The molecule has 2 unspecified atom stereocenters. The van der Waals surface area contributed by atoms with E-state index in [-0.39, 0.29) is 18.5 Å². The number of carbonyl (C=O) groups excluding carboxylic acids is 1. The fraction of sp³-hybridized carbons (Fsp3) is 0.600. The average molecular weight is 270 g/mol. The molecule has 2 atom stereocenters. The predicted molar refractivity (Wildman–Crippen MR) is 65.5 cm³/mol. The van der Waals surface area contributed by atoms with Crippen molar-refractivity contribution in [3.63, 3.8) is 0 Å². The third-order valence-electron chi connectivity index (χ3n) is 2.96. The fourth-order valence-electron chi connectivity index (χ4n) is 1.97. The number of anilines is 1. The van der Waals surface area contributed by atoms with Crippen LogP contribution in [0.1, 0.15) is 11.9 Å². The molecule has 2 N–H and O–H groups in total. The molecule has 2 amide bonds. The van der Waals surface area contributed by atoms with Crippen LogP contribution in [-0.4, -0.2) is 45.3 Å². The van der Waals surface area contributed by atoms with E-state index in [1.54, 1.807) is 6.92 Å². The van der Waals surface area contributed by atoms with Gasteiger partial charge in [0.2, 0.25) is 5.13 Å². The molecule has 1 aliphatic heterocycles. The summed E-state index contributed by atoms with van der Waals surface area (Å²) in [6, 6.07) is -0.318. The van der Waals surface area contributed by atoms with E-state index in [0.29, 0.717) is 11.7 Å². The number of rotatable bonds is 2. The van der Waals surface area contributed by atoms with Crippen LogP contribution in [0.4, 0.5) is 9.93 Å². The Hall–Kier alpha value is -1.70. The Morgan fingerprint density at radius 1 is 1.44 bits per heavy atom. The van der Waals surface area contributed by atoms with Crippen LogP contribution in [0, 0.1) is 18.8 Å². The molecule has 0 saturated carbocycles. The third-order valence-corrected chi connectivity index (χ3v) is 3.71. The van der Waals surface area contributed by atoms with Crippen LogP contribution in [0.25, 0.3) is 0 Å². The Bertz CT molecular complexity index is 475. The van der Waals surface area contributed by atoms with E-state index in [2.05, 4.69) is 15.5 Å². The summed E-state index contributed by atoms with van der Waals surface area (Å²) in [5.41, 5.74) is 0. The number of aliphatic carboxylic acids is 1. The van der Waals surface area contributed by atoms with Crippen molar-refractivity contribution in [3.8, 4) is 0 Å². The Morgan fingerprint density at radius 2 is 2.17 bits per heavy atom. The molecular formula is C10H14N4O3S. The largest absolute Gasteiger partial charge is 0.481 e. The van der Waals surface area contributed by atoms with Gasteiger partial charge in [-0.15, -0.1) is 10.2 Å². The van der Waals surface area contributed by atoms with E-state index in [1.165, 1.54) is 16.2 Å². The Balaban J connectivity index is 1.97. The number of urea groups is 1. The topological polar surface area (TPSA) is 95.4 Å². The van der Waals surface area contributed by atoms with Gasteiger partial charge in [-0.3, -0.25) is 10.1 Å². The van der Waals surface area contributed by atoms with E-state index in [9.17, 15) is 9.59 Å². The molecule has 1 aromatic rings. The molecule has 0 aliphatic carbocycles. The summed E-state index contributed by atoms with van der Waals surface area (Å²) in [7, 11) is 0. The average Bonchev–Trinajstić information content (AvgIpc) is 2.85. The number of carbonyl (C=O) groups is 2. The maximum Gasteiger partial charge on any atom is 0.323 e. The quantitative estimate of drug-likeness (QED) is 0.836. The number of carboxylic acid groups (broad SMARTS) is 1. The van der Waals surface area contributed by atoms with Gasteiger partial charge >= 0.3 is 12.0 Å². The van der Waals surface area contributed by atoms with Crippen molar-refractivity contribution in [2.75, 3.05) is 18.4 Å². The molecule has 0 radical (unpaired) electrons. The summed E-state index contributed by atoms with van der Waals surface area (Å²) >= 11 is 1.29. The van der Waals surface area contributed by atoms with Crippen LogP contribution >= 0.6 is 11.3 Å². The van der Waals surface area contributed by atoms with Gasteiger partial charge in [0.15, 0.2) is 0 Å². The van der Waals surface area contributed by atoms with Crippen LogP contribution < -0.4 is 5.32 Å². The molecule has 8 heteroatoms. The number of nitrogens with one attached hydrogen (secondary N) is 1. The molecule has 1 saturated heterocycles. The smallest absolute Gasteiger partial charge is 0.323 e. The lowest BCUT2D eigenvalue weighted by Crippen LogP contribution is -2.33. The first-order chi connectivity index (χ1) is 8.47. The van der Waals surface area contributed by atoms with Gasteiger partial charge in [-0.1, -0.05) is 18.3 Å². The van der Waals surface area contributed by atoms with Crippen LogP contribution in [0.5, 0.6) is 0 Å². The summed E-state index contributed by atoms with van der Waals surface area (Å²) < 4.78 is 0. The lowest BCUT2D eigenvalue weighted by atomic mass is 9.99. The molecule has 1 fully saturated rings. The van der Waals surface area contributed by atoms with Crippen molar-refractivity contribution in [3.05, 3.63) is 5.01 Å². The highest BCUT2D eigenvalue weighted by molar-refractivity contribution is 7.15. The van der Waals surface area contributed by atoms with Gasteiger partial charge in [-0.2, -0.15) is 0 Å². The zero-order valence-corrected chi connectivity index (χ0v) is 10.9. The monoisotopic (exact) mass is 270 g/mol. The predicted octanol–water partition coefficient (Wildman–Crippen LogP) is 1.03. The Morgan fingerprint density at radius 3 is 2.67 bits per heavy atom. The number of aromatic nitrogens is 2. The fourth-order valence-corrected chi connectivity index (χ4v) is 2.55. The third kappa shape index (κ3) is 2.58. The lowest BCUT2D eigenvalue weighted by Gasteiger charge is -2.15. The molecule has 0 aromatic carbocycles. The summed E-state index contributed by atoms with van der Waals surface area (Å²) in [6.45, 7) is 4.31. The van der Waals surface area contributed by atoms with Gasteiger partial charge in [0, 0.05) is 13.1 Å². The molecule has 98 valence electrons. The summed E-state index contributed by atoms with van der Waals surface area (Å²) in [4.78, 5) is 24.4. The highest BCUT2D eigenvalue weighted by atomic mass is 32.1. The molecule has 1 aromatic heterocycles. The minimum absolute atomic E-state index is 0.0376. The van der Waals surface area contributed by atoms with E-state index >= 15 is 0 Å². The number of hydrogen-bond acceptors (Lipinski definition) is 5. The zero-order chi connectivity index (χ0) is 13.3. The van der Waals surface area contributed by atoms with Gasteiger partial charge in [0.1, 0.15) is 5.01 Å². The van der Waals surface area contributed by atoms with Crippen molar-refractivity contribution in [2.45, 2.75) is 13.8 Å². The maximum absolute atomic E-state index is 11.9. The summed E-state index contributed by atoms with van der Waals surface area (Å²) in [5, 5.41) is 20.4. The van der Waals surface area contributed by atoms with Gasteiger partial charge in [-0.05, 0) is 12.8 Å². The van der Waals surface area contributed by atoms with Crippen molar-refractivity contribution in [2.24, 2.45) is 11.8 Å². The van der Waals surface area contributed by atoms with Gasteiger partial charge in [0.05, 0.1) is 5.92 Å². The second-order valence-electron chi connectivity index (χ2n) is 4.38. The number of aryl methyl sites for hydroxylation is 1. The molecule has 18 heavy (non-hydrogen) atoms. The van der Waals surface area contributed by atoms with Gasteiger partial charge < -0.3 is 10.0 Å². The molecule has 0 spiro atoms. The van der Waals surface area contributed by atoms with E-state index in [1.807, 2.05) is 6.92 Å². The number of amides is 2. The number of hydrogen-bond donors (Lipinski definition) is 2. The molecule has 0 bridgehead atoms. The first-order valence-electron chi connectivity index (χ1n) is 5.56. The molecule has 2 heterocycles. The second kappa shape index (κ2) is 4.89. The van der Waals surface area contributed by atoms with Crippen LogP contribution in [-0.2, 0) is 4.79 Å². The van der Waals surface area contributed by atoms with Crippen LogP contribution in [0.15, 0.2) is 0 Å². The lowest BCUT2D eigenvalue weighted by molar-refractivity contribution is -0.142. The van der Waals surface area contributed by atoms with Crippen LogP contribution in [0.2, 0.25) is 0 Å². The molecule has 7 nitrogen and oxygen atoms in total. The number of carboxylic acids is 1. The minimum Gasteiger partial charge on any atom is -0.481 e. The highest BCUT2D eigenvalue weighted by Gasteiger charge is 2.37. The van der Waals surface area contributed by atoms with Crippen LogP contribution in [0.3, 0.4) is 0 Å². The molecular weight excluding hydrogens is 256 g/mol. The molecule has 1 aliphatic rings. The van der Waals surface area contributed by atoms with E-state index < -0.39 is 11.9 Å². The van der Waals surface area contributed by atoms with E-state index in [4.69, 9.17) is 5.11 Å². The van der Waals surface area contributed by atoms with Crippen molar-refractivity contribution >= 4 is 28.5 Å². The first-order valence-corrected chi connectivity index (χ1v) is 6.38. The highest BCUT2D eigenvalue weighted by Crippen LogP contribution is 2.24. The minimum atomic E-state index is -0.857. The second-order valence-corrected chi connectivity index (χ2v) is 5.57. The number of nitrogens with zero attached hydrogens (tertiary/aromatic N) is 3. The first kappa shape index (κ1) is 12.7. The van der Waals surface area contributed by atoms with E-state index in [0.717, 1.165) is 5.01 Å². The van der Waals surface area contributed by atoms with Crippen molar-refractivity contribution in [1.29, 1.82) is 0 Å². The number of likely N-dealkylation sites (tertiary alicyclic amines) is 1. The standard InChI is InChI=1S/C10H14N4O3S/c1-5-3-14(4-7(5)8(15)16)10(17)11-9-13-12-6(2)18-9/h5,7H,3-4H2,1-2H3,(H,15,16)(H,11,13,17). The Labute approximate surface area is 108 Å². The summed E-state index contributed by atoms with van der Waals surface area (Å²) in [6.07, 6.45) is 0. The van der Waals surface area contributed by atoms with Gasteiger partial charge in [0.25, 0.3) is 0 Å². The molecule has 2 rings (SSSR count).